The summed E-state index contributed by atoms with van der Waals surface area (Å²) in [6.07, 6.45) is 8.65. The van der Waals surface area contributed by atoms with E-state index in [-0.39, 0.29) is 11.8 Å². The van der Waals surface area contributed by atoms with Gasteiger partial charge in [0, 0.05) is 50.8 Å². The molecule has 2 aromatic rings. The lowest BCUT2D eigenvalue weighted by Gasteiger charge is -2.31. The van der Waals surface area contributed by atoms with Crippen molar-refractivity contribution < 1.29 is 9.53 Å². The number of carbonyl (C=O) groups is 1. The first-order valence-electron chi connectivity index (χ1n) is 8.53. The average Bonchev–Trinajstić information content (AvgIpc) is 3.21. The second-order valence-corrected chi connectivity index (χ2v) is 6.86. The maximum absolute atomic E-state index is 12.7. The molecular weight excluding hydrogens is 320 g/mol. The van der Waals surface area contributed by atoms with Crippen molar-refractivity contribution >= 4 is 11.7 Å². The van der Waals surface area contributed by atoms with E-state index in [1.807, 2.05) is 24.1 Å². The largest absolute Gasteiger partial charge is 0.380 e. The van der Waals surface area contributed by atoms with Crippen LogP contribution in [-0.2, 0) is 23.1 Å². The number of carbonyl (C=O) groups excluding carboxylic acids is 1. The van der Waals surface area contributed by atoms with Crippen molar-refractivity contribution in [2.45, 2.75) is 6.54 Å². The van der Waals surface area contributed by atoms with E-state index < -0.39 is 0 Å². The summed E-state index contributed by atoms with van der Waals surface area (Å²) in [6.45, 7) is 3.91. The highest BCUT2D eigenvalue weighted by molar-refractivity contribution is 5.92. The molecule has 8 nitrogen and oxygen atoms in total. The standard InChI is InChI=1S/C17H22N6O2/c1-22-6-12(4-20-22)7-23-8-13-10-25-11-15(14(13)9-23)17(24)21-16-5-18-2-3-19-16/h2-6,13-15H,7-11H2,1H3,(H,19,21,24)/t13-,14-,15-/m1/s1. The summed E-state index contributed by atoms with van der Waals surface area (Å²) in [5, 5.41) is 7.10. The predicted octanol–water partition coefficient (Wildman–Crippen LogP) is 0.543. The van der Waals surface area contributed by atoms with Gasteiger partial charge < -0.3 is 10.1 Å². The number of nitrogens with zero attached hydrogens (tertiary/aromatic N) is 5. The molecule has 2 aliphatic rings. The van der Waals surface area contributed by atoms with Gasteiger partial charge in [0.05, 0.1) is 31.5 Å². The first-order valence-corrected chi connectivity index (χ1v) is 8.53. The molecule has 132 valence electrons. The van der Waals surface area contributed by atoms with Crippen LogP contribution in [0.2, 0.25) is 0 Å². The zero-order valence-electron chi connectivity index (χ0n) is 14.2. The zero-order chi connectivity index (χ0) is 17.2. The molecule has 2 aromatic heterocycles. The van der Waals surface area contributed by atoms with E-state index in [1.54, 1.807) is 18.6 Å². The summed E-state index contributed by atoms with van der Waals surface area (Å²) < 4.78 is 7.54. The Morgan fingerprint density at radius 3 is 3.00 bits per heavy atom. The molecule has 0 spiro atoms. The lowest BCUT2D eigenvalue weighted by Crippen LogP contribution is -2.42. The first-order chi connectivity index (χ1) is 12.2. The van der Waals surface area contributed by atoms with Crippen LogP contribution in [0.4, 0.5) is 5.82 Å². The van der Waals surface area contributed by atoms with Crippen molar-refractivity contribution in [2.24, 2.45) is 24.8 Å². The molecule has 0 radical (unpaired) electrons. The number of aromatic nitrogens is 4. The zero-order valence-corrected chi connectivity index (χ0v) is 14.2. The molecule has 4 heterocycles. The number of nitrogens with one attached hydrogen (secondary N) is 1. The van der Waals surface area contributed by atoms with Crippen LogP contribution in [0.5, 0.6) is 0 Å². The third-order valence-electron chi connectivity index (χ3n) is 5.03. The molecule has 0 aromatic carbocycles. The summed E-state index contributed by atoms with van der Waals surface area (Å²) >= 11 is 0. The van der Waals surface area contributed by atoms with Crippen LogP contribution in [0.15, 0.2) is 31.0 Å². The Labute approximate surface area is 146 Å². The van der Waals surface area contributed by atoms with Gasteiger partial charge in [-0.3, -0.25) is 19.4 Å². The lowest BCUT2D eigenvalue weighted by molar-refractivity contribution is -0.128. The van der Waals surface area contributed by atoms with E-state index in [0.29, 0.717) is 24.3 Å². The molecule has 3 atom stereocenters. The minimum absolute atomic E-state index is 0.0292. The summed E-state index contributed by atoms with van der Waals surface area (Å²) in [6, 6.07) is 0. The van der Waals surface area contributed by atoms with Crippen LogP contribution >= 0.6 is 0 Å². The van der Waals surface area contributed by atoms with Crippen LogP contribution in [0, 0.1) is 17.8 Å². The molecule has 1 amide bonds. The molecule has 0 bridgehead atoms. The molecule has 0 saturated carbocycles. The molecule has 2 saturated heterocycles. The van der Waals surface area contributed by atoms with Crippen LogP contribution in [0.1, 0.15) is 5.56 Å². The van der Waals surface area contributed by atoms with Gasteiger partial charge in [-0.1, -0.05) is 0 Å². The number of likely N-dealkylation sites (tertiary alicyclic amines) is 1. The molecule has 0 unspecified atom stereocenters. The Hall–Kier alpha value is -2.32. The van der Waals surface area contributed by atoms with Crippen LogP contribution < -0.4 is 5.32 Å². The highest BCUT2D eigenvalue weighted by atomic mass is 16.5. The van der Waals surface area contributed by atoms with Gasteiger partial charge >= 0.3 is 0 Å². The Morgan fingerprint density at radius 1 is 1.32 bits per heavy atom. The van der Waals surface area contributed by atoms with Crippen molar-refractivity contribution in [3.05, 3.63) is 36.5 Å². The van der Waals surface area contributed by atoms with E-state index in [1.165, 1.54) is 5.56 Å². The van der Waals surface area contributed by atoms with Gasteiger partial charge in [0.1, 0.15) is 0 Å². The van der Waals surface area contributed by atoms with Crippen molar-refractivity contribution in [1.29, 1.82) is 0 Å². The van der Waals surface area contributed by atoms with Crippen molar-refractivity contribution in [1.82, 2.24) is 24.6 Å². The quantitative estimate of drug-likeness (QED) is 0.873. The third-order valence-corrected chi connectivity index (χ3v) is 5.03. The molecule has 8 heteroatoms. The second kappa shape index (κ2) is 6.89. The van der Waals surface area contributed by atoms with E-state index in [9.17, 15) is 4.79 Å². The predicted molar refractivity (Wildman–Crippen MR) is 90.4 cm³/mol. The molecule has 2 fully saturated rings. The number of anilines is 1. The average molecular weight is 342 g/mol. The highest BCUT2D eigenvalue weighted by Gasteiger charge is 2.43. The second-order valence-electron chi connectivity index (χ2n) is 6.86. The number of rotatable bonds is 4. The highest BCUT2D eigenvalue weighted by Crippen LogP contribution is 2.35. The minimum Gasteiger partial charge on any atom is -0.380 e. The smallest absolute Gasteiger partial charge is 0.231 e. The number of fused-ring (bicyclic) bond motifs is 1. The van der Waals surface area contributed by atoms with E-state index >= 15 is 0 Å². The van der Waals surface area contributed by atoms with Crippen molar-refractivity contribution in [2.75, 3.05) is 31.6 Å². The van der Waals surface area contributed by atoms with Crippen LogP contribution in [-0.4, -0.2) is 56.9 Å². The summed E-state index contributed by atoms with van der Waals surface area (Å²) in [4.78, 5) is 23.2. The number of hydrogen-bond donors (Lipinski definition) is 1. The SMILES string of the molecule is Cn1cc(CN2C[C@@H]3COC[C@@H](C(=O)Nc4cnccn4)[C@@H]3C2)cn1. The van der Waals surface area contributed by atoms with Gasteiger partial charge in [0.15, 0.2) is 5.82 Å². The number of hydrogen-bond acceptors (Lipinski definition) is 6. The molecule has 1 N–H and O–H groups in total. The normalized spacial score (nSPS) is 26.4. The monoisotopic (exact) mass is 342 g/mol. The Bertz CT molecular complexity index is 734. The van der Waals surface area contributed by atoms with E-state index in [2.05, 4.69) is 25.3 Å². The van der Waals surface area contributed by atoms with Gasteiger partial charge in [-0.25, -0.2) is 4.98 Å². The molecule has 4 rings (SSSR count). The fraction of sp³-hybridized carbons (Fsp3) is 0.529. The fourth-order valence-corrected chi connectivity index (χ4v) is 3.88. The third kappa shape index (κ3) is 3.54. The lowest BCUT2D eigenvalue weighted by atomic mass is 9.82. The summed E-state index contributed by atoms with van der Waals surface area (Å²) in [5.41, 5.74) is 1.20. The van der Waals surface area contributed by atoms with Gasteiger partial charge in [-0.15, -0.1) is 0 Å². The van der Waals surface area contributed by atoms with Gasteiger partial charge in [-0.05, 0) is 11.8 Å². The van der Waals surface area contributed by atoms with E-state index in [0.717, 1.165) is 26.2 Å². The van der Waals surface area contributed by atoms with Crippen LogP contribution in [0.3, 0.4) is 0 Å². The number of ether oxygens (including phenoxy) is 1. The van der Waals surface area contributed by atoms with Crippen molar-refractivity contribution in [3.8, 4) is 0 Å². The maximum Gasteiger partial charge on any atom is 0.231 e. The molecule has 2 aliphatic heterocycles. The Balaban J connectivity index is 1.41. The van der Waals surface area contributed by atoms with Crippen molar-refractivity contribution in [3.63, 3.8) is 0 Å². The topological polar surface area (TPSA) is 85.2 Å². The molecule has 0 aliphatic carbocycles. The molecular formula is C17H22N6O2. The van der Waals surface area contributed by atoms with Gasteiger partial charge in [0.25, 0.3) is 0 Å². The van der Waals surface area contributed by atoms with Gasteiger partial charge in [-0.2, -0.15) is 5.10 Å². The molecule has 25 heavy (non-hydrogen) atoms. The minimum atomic E-state index is -0.153. The summed E-state index contributed by atoms with van der Waals surface area (Å²) in [5.74, 6) is 1.00. The summed E-state index contributed by atoms with van der Waals surface area (Å²) in [7, 11) is 1.92. The van der Waals surface area contributed by atoms with Gasteiger partial charge in [0.2, 0.25) is 5.91 Å². The number of amides is 1. The number of aryl methyl sites for hydroxylation is 1. The van der Waals surface area contributed by atoms with Crippen LogP contribution in [0.25, 0.3) is 0 Å². The Kier molecular flexibility index (Phi) is 4.46. The fourth-order valence-electron chi connectivity index (χ4n) is 3.88. The maximum atomic E-state index is 12.7. The first kappa shape index (κ1) is 16.2. The Morgan fingerprint density at radius 2 is 2.24 bits per heavy atom. The van der Waals surface area contributed by atoms with E-state index in [4.69, 9.17) is 4.74 Å².